The molecule has 6 heteroatoms. The van der Waals surface area contributed by atoms with Crippen LogP contribution in [0.2, 0.25) is 5.02 Å². The number of ether oxygens (including phenoxy) is 2. The third-order valence-corrected chi connectivity index (χ3v) is 4.48. The Kier molecular flexibility index (Phi) is 4.04. The lowest BCUT2D eigenvalue weighted by Gasteiger charge is -2.21. The van der Waals surface area contributed by atoms with E-state index in [2.05, 4.69) is 15.9 Å². The number of benzene rings is 2. The summed E-state index contributed by atoms with van der Waals surface area (Å²) >= 11 is 9.63. The Hall–Kier alpha value is -1.33. The molecule has 0 saturated heterocycles. The van der Waals surface area contributed by atoms with Gasteiger partial charge in [-0.15, -0.1) is 0 Å². The van der Waals surface area contributed by atoms with Gasteiger partial charge in [0.05, 0.1) is 4.83 Å². The van der Waals surface area contributed by atoms with Crippen molar-refractivity contribution in [3.8, 4) is 11.5 Å². The van der Waals surface area contributed by atoms with Crippen molar-refractivity contribution in [3.05, 3.63) is 58.1 Å². The highest BCUT2D eigenvalue weighted by atomic mass is 79.9. The summed E-state index contributed by atoms with van der Waals surface area (Å²) < 4.78 is 37.8. The van der Waals surface area contributed by atoms with Gasteiger partial charge in [0.15, 0.2) is 11.5 Å². The molecule has 1 aliphatic heterocycles. The predicted molar refractivity (Wildman–Crippen MR) is 79.6 cm³/mol. The van der Waals surface area contributed by atoms with Crippen LogP contribution in [0.25, 0.3) is 0 Å². The van der Waals surface area contributed by atoms with E-state index in [0.29, 0.717) is 40.9 Å². The summed E-state index contributed by atoms with van der Waals surface area (Å²) in [6.07, 6.45) is 0. The number of rotatable bonds is 2. The minimum atomic E-state index is -0.636. The molecule has 0 N–H and O–H groups in total. The molecule has 1 aliphatic rings. The number of hydrogen-bond donors (Lipinski definition) is 0. The molecule has 0 spiro atoms. The number of halogens is 4. The molecule has 0 aromatic heterocycles. The lowest BCUT2D eigenvalue weighted by atomic mass is 10.0. The van der Waals surface area contributed by atoms with Gasteiger partial charge in [-0.1, -0.05) is 33.6 Å². The van der Waals surface area contributed by atoms with Crippen molar-refractivity contribution in [1.82, 2.24) is 0 Å². The van der Waals surface area contributed by atoms with Crippen LogP contribution in [0.5, 0.6) is 11.5 Å². The first-order valence-electron chi connectivity index (χ1n) is 6.24. The molecule has 0 bridgehead atoms. The summed E-state index contributed by atoms with van der Waals surface area (Å²) in [6, 6.07) is 6.78. The second-order valence-electron chi connectivity index (χ2n) is 4.55. The summed E-state index contributed by atoms with van der Waals surface area (Å²) in [7, 11) is 0. The Balaban J connectivity index is 2.03. The van der Waals surface area contributed by atoms with E-state index in [1.54, 1.807) is 12.1 Å². The van der Waals surface area contributed by atoms with Crippen molar-refractivity contribution in [1.29, 1.82) is 0 Å². The second kappa shape index (κ2) is 5.81. The molecule has 0 aliphatic carbocycles. The van der Waals surface area contributed by atoms with Crippen molar-refractivity contribution >= 4 is 27.5 Å². The fourth-order valence-corrected chi connectivity index (χ4v) is 3.29. The first-order valence-corrected chi connectivity index (χ1v) is 7.53. The van der Waals surface area contributed by atoms with Crippen LogP contribution in [-0.4, -0.2) is 13.2 Å². The van der Waals surface area contributed by atoms with Gasteiger partial charge in [0.1, 0.15) is 24.8 Å². The molecule has 2 nitrogen and oxygen atoms in total. The topological polar surface area (TPSA) is 18.5 Å². The molecule has 110 valence electrons. The summed E-state index contributed by atoms with van der Waals surface area (Å²) in [4.78, 5) is -0.513. The zero-order chi connectivity index (χ0) is 15.0. The maximum Gasteiger partial charge on any atom is 0.162 e. The average molecular weight is 376 g/mol. The Morgan fingerprint density at radius 3 is 2.33 bits per heavy atom. The zero-order valence-electron chi connectivity index (χ0n) is 10.7. The third-order valence-electron chi connectivity index (χ3n) is 3.17. The molecule has 2 aromatic rings. The van der Waals surface area contributed by atoms with Gasteiger partial charge in [-0.25, -0.2) is 8.78 Å². The molecular formula is C15H10BrClF2O2. The minimum Gasteiger partial charge on any atom is -0.486 e. The molecule has 0 radical (unpaired) electrons. The Morgan fingerprint density at radius 1 is 1.00 bits per heavy atom. The zero-order valence-corrected chi connectivity index (χ0v) is 13.0. The van der Waals surface area contributed by atoms with E-state index < -0.39 is 16.5 Å². The Labute approximate surface area is 133 Å². The maximum atomic E-state index is 13.9. The van der Waals surface area contributed by atoms with Gasteiger partial charge in [0, 0.05) is 22.7 Å². The van der Waals surface area contributed by atoms with Gasteiger partial charge < -0.3 is 9.47 Å². The van der Waals surface area contributed by atoms with E-state index in [9.17, 15) is 8.78 Å². The summed E-state index contributed by atoms with van der Waals surface area (Å²) in [5, 5.41) is 0.421. The fraction of sp³-hybridized carbons (Fsp3) is 0.200. The van der Waals surface area contributed by atoms with E-state index in [1.807, 2.05) is 0 Å². The van der Waals surface area contributed by atoms with Crippen LogP contribution in [0.4, 0.5) is 8.78 Å². The van der Waals surface area contributed by atoms with Crippen LogP contribution in [0.1, 0.15) is 16.0 Å². The van der Waals surface area contributed by atoms with Crippen LogP contribution >= 0.6 is 27.5 Å². The Morgan fingerprint density at radius 2 is 1.67 bits per heavy atom. The van der Waals surface area contributed by atoms with Crippen LogP contribution in [0.15, 0.2) is 30.3 Å². The predicted octanol–water partition coefficient (Wildman–Crippen LogP) is 4.87. The monoisotopic (exact) mass is 374 g/mol. The van der Waals surface area contributed by atoms with Crippen molar-refractivity contribution in [2.75, 3.05) is 13.2 Å². The Bertz CT molecular complexity index is 694. The smallest absolute Gasteiger partial charge is 0.162 e. The number of hydrogen-bond acceptors (Lipinski definition) is 2. The van der Waals surface area contributed by atoms with Gasteiger partial charge in [0.25, 0.3) is 0 Å². The minimum absolute atomic E-state index is 0.301. The third kappa shape index (κ3) is 2.85. The molecule has 1 atom stereocenters. The van der Waals surface area contributed by atoms with E-state index in [4.69, 9.17) is 21.1 Å². The summed E-state index contributed by atoms with van der Waals surface area (Å²) in [6.45, 7) is 0.916. The highest BCUT2D eigenvalue weighted by Gasteiger charge is 2.22. The molecule has 1 unspecified atom stereocenters. The van der Waals surface area contributed by atoms with E-state index in [0.717, 1.165) is 6.07 Å². The van der Waals surface area contributed by atoms with Gasteiger partial charge in [-0.2, -0.15) is 0 Å². The quantitative estimate of drug-likeness (QED) is 0.697. The van der Waals surface area contributed by atoms with Crippen LogP contribution < -0.4 is 9.47 Å². The normalized spacial score (nSPS) is 14.9. The average Bonchev–Trinajstić information content (AvgIpc) is 2.46. The summed E-state index contributed by atoms with van der Waals surface area (Å²) in [5.74, 6) is -0.131. The van der Waals surface area contributed by atoms with Crippen LogP contribution in [0.3, 0.4) is 0 Å². The SMILES string of the molecule is Fc1ccc(C(Br)c2cc3c(cc2Cl)OCCO3)c(F)c1. The molecule has 0 saturated carbocycles. The second-order valence-corrected chi connectivity index (χ2v) is 5.87. The van der Waals surface area contributed by atoms with Crippen LogP contribution in [0, 0.1) is 11.6 Å². The number of alkyl halides is 1. The maximum absolute atomic E-state index is 13.9. The van der Waals surface area contributed by atoms with E-state index in [-0.39, 0.29) is 0 Å². The van der Waals surface area contributed by atoms with Crippen molar-refractivity contribution in [3.63, 3.8) is 0 Å². The largest absolute Gasteiger partial charge is 0.486 e. The van der Waals surface area contributed by atoms with E-state index in [1.165, 1.54) is 12.1 Å². The molecule has 0 fully saturated rings. The molecule has 3 rings (SSSR count). The number of fused-ring (bicyclic) bond motifs is 1. The van der Waals surface area contributed by atoms with Crippen molar-refractivity contribution < 1.29 is 18.3 Å². The summed E-state index contributed by atoms with van der Waals surface area (Å²) in [5.41, 5.74) is 0.932. The lowest BCUT2D eigenvalue weighted by Crippen LogP contribution is -2.15. The van der Waals surface area contributed by atoms with Gasteiger partial charge in [-0.3, -0.25) is 0 Å². The highest BCUT2D eigenvalue weighted by molar-refractivity contribution is 9.09. The van der Waals surface area contributed by atoms with Crippen LogP contribution in [-0.2, 0) is 0 Å². The van der Waals surface area contributed by atoms with E-state index >= 15 is 0 Å². The first kappa shape index (κ1) is 14.6. The van der Waals surface area contributed by atoms with Gasteiger partial charge >= 0.3 is 0 Å². The molecule has 21 heavy (non-hydrogen) atoms. The molecule has 2 aromatic carbocycles. The fourth-order valence-electron chi connectivity index (χ4n) is 2.15. The van der Waals surface area contributed by atoms with Crippen molar-refractivity contribution in [2.45, 2.75) is 4.83 Å². The highest BCUT2D eigenvalue weighted by Crippen LogP contribution is 2.42. The lowest BCUT2D eigenvalue weighted by molar-refractivity contribution is 0.171. The van der Waals surface area contributed by atoms with Gasteiger partial charge in [0.2, 0.25) is 0 Å². The molecule has 1 heterocycles. The standard InChI is InChI=1S/C15H10BrClF2O2/c16-15(9-2-1-8(18)5-12(9)19)10-6-13-14(7-11(10)17)21-4-3-20-13/h1-2,5-7,15H,3-4H2. The van der Waals surface area contributed by atoms with Gasteiger partial charge in [-0.05, 0) is 17.7 Å². The molecule has 0 amide bonds. The first-order chi connectivity index (χ1) is 10.1. The van der Waals surface area contributed by atoms with Crippen molar-refractivity contribution in [2.24, 2.45) is 0 Å². The molecular weight excluding hydrogens is 366 g/mol.